The largest absolute Gasteiger partial charge is 0.176 e. The molecule has 0 aromatic carbocycles. The van der Waals surface area contributed by atoms with Gasteiger partial charge in [0.2, 0.25) is 0 Å². The van der Waals surface area contributed by atoms with Gasteiger partial charge in [0.1, 0.15) is 0 Å². The van der Waals surface area contributed by atoms with Gasteiger partial charge in [0.25, 0.3) is 0 Å². The third-order valence-corrected chi connectivity index (χ3v) is 12.4. The summed E-state index contributed by atoms with van der Waals surface area (Å²) in [4.78, 5) is 0. The topological polar surface area (TPSA) is 0 Å². The molecule has 166 valence electrons. The molecule has 0 bridgehead atoms. The van der Waals surface area contributed by atoms with Crippen LogP contribution in [-0.2, 0) is 0 Å². The lowest BCUT2D eigenvalue weighted by Crippen LogP contribution is -2.39. The van der Waals surface area contributed by atoms with Gasteiger partial charge in [0.05, 0.1) is 0 Å². The summed E-state index contributed by atoms with van der Waals surface area (Å²) in [6.45, 7) is 5.14. The fourth-order valence-electron chi connectivity index (χ4n) is 10.6. The zero-order valence-electron chi connectivity index (χ0n) is 19.5. The van der Waals surface area contributed by atoms with Crippen LogP contribution in [0.1, 0.15) is 104 Å². The molecule has 2 spiro atoms. The highest BCUT2D eigenvalue weighted by atomic mass is 32.1. The Balaban J connectivity index is 1.18. The van der Waals surface area contributed by atoms with Crippen molar-refractivity contribution in [3.63, 3.8) is 0 Å². The minimum absolute atomic E-state index is 0.613. The van der Waals surface area contributed by atoms with Gasteiger partial charge >= 0.3 is 0 Å². The fraction of sp³-hybridized carbons (Fsp3) is 0.862. The first kappa shape index (κ1) is 20.4. The molecule has 0 saturated heterocycles. The minimum atomic E-state index is 0.613. The molecule has 0 aliphatic heterocycles. The average molecular weight is 425 g/mol. The number of thiol groups is 1. The van der Waals surface area contributed by atoms with Crippen molar-refractivity contribution < 1.29 is 0 Å². The zero-order chi connectivity index (χ0) is 20.6. The Hall–Kier alpha value is -0.170. The van der Waals surface area contributed by atoms with Crippen LogP contribution in [0.15, 0.2) is 23.8 Å². The van der Waals surface area contributed by atoms with Crippen LogP contribution in [-0.4, -0.2) is 5.25 Å². The molecule has 0 aromatic heterocycles. The summed E-state index contributed by atoms with van der Waals surface area (Å²) < 4.78 is 0. The highest BCUT2D eigenvalue weighted by molar-refractivity contribution is 7.80. The summed E-state index contributed by atoms with van der Waals surface area (Å²) >= 11 is 4.88. The van der Waals surface area contributed by atoms with E-state index in [2.05, 4.69) is 32.1 Å². The van der Waals surface area contributed by atoms with Gasteiger partial charge in [-0.05, 0) is 111 Å². The van der Waals surface area contributed by atoms with Crippen molar-refractivity contribution in [2.45, 2.75) is 109 Å². The molecule has 0 aromatic rings. The second-order valence-corrected chi connectivity index (χ2v) is 13.3. The van der Waals surface area contributed by atoms with E-state index in [0.717, 1.165) is 29.6 Å². The molecule has 6 aliphatic carbocycles. The van der Waals surface area contributed by atoms with Gasteiger partial charge in [0.15, 0.2) is 0 Å². The van der Waals surface area contributed by atoms with Crippen LogP contribution in [0.5, 0.6) is 0 Å². The van der Waals surface area contributed by atoms with Crippen molar-refractivity contribution in [2.24, 2.45) is 45.8 Å². The molecule has 9 unspecified atom stereocenters. The van der Waals surface area contributed by atoms with Gasteiger partial charge in [-0.2, -0.15) is 12.6 Å². The molecule has 0 amide bonds. The van der Waals surface area contributed by atoms with Crippen molar-refractivity contribution in [2.75, 3.05) is 0 Å². The normalized spacial score (nSPS) is 54.3. The van der Waals surface area contributed by atoms with E-state index in [-0.39, 0.29) is 0 Å². The molecule has 5 fully saturated rings. The van der Waals surface area contributed by atoms with Gasteiger partial charge in [-0.25, -0.2) is 0 Å². The van der Waals surface area contributed by atoms with Gasteiger partial charge in [-0.1, -0.05) is 56.9 Å². The van der Waals surface area contributed by atoms with Gasteiger partial charge < -0.3 is 0 Å². The Morgan fingerprint density at radius 2 is 1.90 bits per heavy atom. The summed E-state index contributed by atoms with van der Waals surface area (Å²) in [6, 6.07) is 0. The van der Waals surface area contributed by atoms with Crippen molar-refractivity contribution in [3.05, 3.63) is 23.8 Å². The first-order valence-electron chi connectivity index (χ1n) is 13.6. The number of allylic oxidation sites excluding steroid dienone is 4. The van der Waals surface area contributed by atoms with E-state index in [1.807, 2.05) is 5.57 Å². The second kappa shape index (κ2) is 7.16. The Morgan fingerprint density at radius 3 is 2.77 bits per heavy atom. The zero-order valence-corrected chi connectivity index (χ0v) is 20.4. The lowest BCUT2D eigenvalue weighted by molar-refractivity contribution is 0.0376. The minimum Gasteiger partial charge on any atom is -0.176 e. The van der Waals surface area contributed by atoms with E-state index >= 15 is 0 Å². The maximum absolute atomic E-state index is 4.88. The lowest BCUT2D eigenvalue weighted by atomic mass is 9.59. The average Bonchev–Trinajstić information content (AvgIpc) is 2.97. The lowest BCUT2D eigenvalue weighted by Gasteiger charge is -2.45. The summed E-state index contributed by atoms with van der Waals surface area (Å²) in [6.07, 6.45) is 28.3. The van der Waals surface area contributed by atoms with E-state index in [1.165, 1.54) is 89.9 Å². The maximum atomic E-state index is 4.88. The van der Waals surface area contributed by atoms with Crippen LogP contribution >= 0.6 is 12.6 Å². The summed E-state index contributed by atoms with van der Waals surface area (Å²) in [5.74, 6) is 4.84. The molecule has 0 heterocycles. The summed E-state index contributed by atoms with van der Waals surface area (Å²) in [7, 11) is 0. The molecule has 0 radical (unpaired) electrons. The number of fused-ring (bicyclic) bond motifs is 1. The maximum Gasteiger partial charge on any atom is 0.00545 e. The molecule has 0 nitrogen and oxygen atoms in total. The first-order chi connectivity index (χ1) is 14.6. The van der Waals surface area contributed by atoms with Gasteiger partial charge in [0, 0.05) is 10.7 Å². The predicted molar refractivity (Wildman–Crippen MR) is 131 cm³/mol. The number of hydrogen-bond acceptors (Lipinski definition) is 1. The third-order valence-electron chi connectivity index (χ3n) is 12.0. The highest BCUT2D eigenvalue weighted by Crippen LogP contribution is 2.90. The highest BCUT2D eigenvalue weighted by Gasteiger charge is 2.84. The number of hydrogen-bond donors (Lipinski definition) is 1. The molecular formula is C29H44S. The van der Waals surface area contributed by atoms with Crippen LogP contribution in [0.4, 0.5) is 0 Å². The van der Waals surface area contributed by atoms with Crippen LogP contribution in [0.2, 0.25) is 0 Å². The van der Waals surface area contributed by atoms with E-state index in [1.54, 1.807) is 0 Å². The van der Waals surface area contributed by atoms with Crippen molar-refractivity contribution in [3.8, 4) is 0 Å². The summed E-state index contributed by atoms with van der Waals surface area (Å²) in [5.41, 5.74) is 3.82. The van der Waals surface area contributed by atoms with E-state index in [4.69, 9.17) is 12.6 Å². The Bertz CT molecular complexity index is 749. The fourth-order valence-corrected chi connectivity index (χ4v) is 10.9. The Kier molecular flexibility index (Phi) is 4.88. The van der Waals surface area contributed by atoms with Gasteiger partial charge in [-0.3, -0.25) is 0 Å². The van der Waals surface area contributed by atoms with Crippen LogP contribution in [0, 0.1) is 45.8 Å². The number of rotatable bonds is 4. The third kappa shape index (κ3) is 2.54. The van der Waals surface area contributed by atoms with Crippen molar-refractivity contribution in [1.82, 2.24) is 0 Å². The molecule has 6 aliphatic rings. The molecule has 9 atom stereocenters. The molecule has 6 rings (SSSR count). The van der Waals surface area contributed by atoms with Crippen molar-refractivity contribution in [1.29, 1.82) is 0 Å². The molecule has 30 heavy (non-hydrogen) atoms. The predicted octanol–water partition coefficient (Wildman–Crippen LogP) is 8.39. The Labute approximate surface area is 191 Å². The van der Waals surface area contributed by atoms with E-state index in [0.29, 0.717) is 21.5 Å². The van der Waals surface area contributed by atoms with E-state index < -0.39 is 0 Å². The van der Waals surface area contributed by atoms with Crippen LogP contribution in [0.25, 0.3) is 0 Å². The Morgan fingerprint density at radius 1 is 1.03 bits per heavy atom. The molecule has 1 heteroatoms. The SMILES string of the molecule is CCC1CCCCC1/C=C/CC1CCC2C1(C)CCC1C34CCC(S)CC3=CCC214. The monoisotopic (exact) mass is 424 g/mol. The molecule has 5 saturated carbocycles. The molecule has 0 N–H and O–H groups in total. The van der Waals surface area contributed by atoms with Crippen molar-refractivity contribution >= 4 is 12.6 Å². The van der Waals surface area contributed by atoms with Crippen LogP contribution in [0.3, 0.4) is 0 Å². The molecular weight excluding hydrogens is 380 g/mol. The van der Waals surface area contributed by atoms with Gasteiger partial charge in [-0.15, -0.1) is 0 Å². The van der Waals surface area contributed by atoms with Crippen LogP contribution < -0.4 is 0 Å². The standard InChI is InChI=1S/C29H44S/c1-3-20-7-4-5-8-21(20)9-6-10-22-11-12-25-27(22,2)16-15-26-28-18-14-24(30)19-23(28)13-17-29(25,26)28/h6,9,13,20-22,24-26,30H,3-5,7-8,10-12,14-19H2,1-2H3/b9-6+. The summed E-state index contributed by atoms with van der Waals surface area (Å²) in [5, 5.41) is 0.638. The quantitative estimate of drug-likeness (QED) is 0.340. The first-order valence-corrected chi connectivity index (χ1v) is 14.1. The van der Waals surface area contributed by atoms with E-state index in [9.17, 15) is 0 Å². The smallest absolute Gasteiger partial charge is 0.00545 e. The second-order valence-electron chi connectivity index (χ2n) is 12.5.